The van der Waals surface area contributed by atoms with Crippen molar-refractivity contribution in [2.45, 2.75) is 44.2 Å². The number of carbonyl (C=O) groups excluding carboxylic acids is 3. The van der Waals surface area contributed by atoms with E-state index in [2.05, 4.69) is 5.32 Å². The van der Waals surface area contributed by atoms with E-state index in [1.165, 1.54) is 40.5 Å². The van der Waals surface area contributed by atoms with Crippen molar-refractivity contribution in [2.75, 3.05) is 39.9 Å². The second-order valence-corrected chi connectivity index (χ2v) is 11.2. The van der Waals surface area contributed by atoms with Gasteiger partial charge in [0.1, 0.15) is 11.9 Å². The Bertz CT molecular complexity index is 1080. The highest BCUT2D eigenvalue weighted by atomic mass is 32.1. The molecule has 1 aromatic heterocycles. The zero-order valence-electron chi connectivity index (χ0n) is 21.8. The van der Waals surface area contributed by atoms with Gasteiger partial charge in [-0.05, 0) is 79.8 Å². The van der Waals surface area contributed by atoms with Crippen molar-refractivity contribution in [3.8, 4) is 0 Å². The lowest BCUT2D eigenvalue weighted by molar-refractivity contribution is -0.125. The molecule has 4 atom stereocenters. The summed E-state index contributed by atoms with van der Waals surface area (Å²) < 4.78 is 18.8. The highest BCUT2D eigenvalue weighted by molar-refractivity contribution is 7.12. The van der Waals surface area contributed by atoms with Crippen LogP contribution in [0.2, 0.25) is 0 Å². The fourth-order valence-corrected chi connectivity index (χ4v) is 6.30. The van der Waals surface area contributed by atoms with Gasteiger partial charge in [0.05, 0.1) is 17.5 Å². The molecular weight excluding hydrogens is 507 g/mol. The van der Waals surface area contributed by atoms with E-state index in [1.807, 2.05) is 11.4 Å². The molecule has 2 aliphatic rings. The summed E-state index contributed by atoms with van der Waals surface area (Å²) in [6.07, 6.45) is 4.57. The van der Waals surface area contributed by atoms with Gasteiger partial charge in [-0.1, -0.05) is 12.5 Å². The molecule has 10 heteroatoms. The van der Waals surface area contributed by atoms with E-state index in [4.69, 9.17) is 10.5 Å². The van der Waals surface area contributed by atoms with E-state index >= 15 is 0 Å². The topological polar surface area (TPSA) is 105 Å². The van der Waals surface area contributed by atoms with Crippen LogP contribution in [0.5, 0.6) is 0 Å². The molecule has 1 aliphatic heterocycles. The van der Waals surface area contributed by atoms with E-state index in [0.29, 0.717) is 54.9 Å². The summed E-state index contributed by atoms with van der Waals surface area (Å²) in [5.74, 6) is -0.330. The largest absolute Gasteiger partial charge is 0.383 e. The zero-order chi connectivity index (χ0) is 27.1. The fraction of sp³-hybridized carbons (Fsp3) is 0.536. The number of hydrogen-bond acceptors (Lipinski definition) is 6. The lowest BCUT2D eigenvalue weighted by Gasteiger charge is -2.29. The number of ether oxygens (including phenoxy) is 1. The van der Waals surface area contributed by atoms with Crippen LogP contribution in [-0.4, -0.2) is 79.5 Å². The van der Waals surface area contributed by atoms with Crippen LogP contribution in [0.15, 0.2) is 41.8 Å². The van der Waals surface area contributed by atoms with Crippen molar-refractivity contribution in [3.05, 3.63) is 58.0 Å². The minimum Gasteiger partial charge on any atom is -0.383 e. The Morgan fingerprint density at radius 2 is 1.92 bits per heavy atom. The monoisotopic (exact) mass is 544 g/mol. The van der Waals surface area contributed by atoms with Gasteiger partial charge in [-0.3, -0.25) is 14.4 Å². The molecule has 1 aliphatic carbocycles. The molecule has 1 saturated heterocycles. The molecule has 2 aromatic rings. The smallest absolute Gasteiger partial charge is 0.264 e. The lowest BCUT2D eigenvalue weighted by atomic mass is 9.81. The van der Waals surface area contributed by atoms with E-state index in [0.717, 1.165) is 25.7 Å². The molecule has 3 amide bonds. The van der Waals surface area contributed by atoms with Crippen LogP contribution in [0.4, 0.5) is 4.39 Å². The summed E-state index contributed by atoms with van der Waals surface area (Å²) in [6.45, 7) is 2.07. The van der Waals surface area contributed by atoms with E-state index < -0.39 is 11.9 Å². The number of halogens is 1. The molecule has 8 nitrogen and oxygen atoms in total. The number of nitrogens with zero attached hydrogens (tertiary/aromatic N) is 2. The van der Waals surface area contributed by atoms with E-state index in [9.17, 15) is 18.8 Å². The number of amides is 3. The first kappa shape index (κ1) is 28.2. The summed E-state index contributed by atoms with van der Waals surface area (Å²) >= 11 is 1.35. The van der Waals surface area contributed by atoms with Crippen LogP contribution in [0.1, 0.15) is 52.1 Å². The van der Waals surface area contributed by atoms with Crippen molar-refractivity contribution in [2.24, 2.45) is 17.6 Å². The maximum atomic E-state index is 13.5. The predicted molar refractivity (Wildman–Crippen MR) is 144 cm³/mol. The molecule has 206 valence electrons. The molecule has 0 bridgehead atoms. The van der Waals surface area contributed by atoms with Gasteiger partial charge in [-0.2, -0.15) is 0 Å². The van der Waals surface area contributed by atoms with Crippen LogP contribution < -0.4 is 11.1 Å². The summed E-state index contributed by atoms with van der Waals surface area (Å²) in [4.78, 5) is 44.2. The van der Waals surface area contributed by atoms with Crippen LogP contribution >= 0.6 is 11.3 Å². The Morgan fingerprint density at radius 3 is 2.61 bits per heavy atom. The number of benzene rings is 1. The molecule has 0 radical (unpaired) electrons. The van der Waals surface area contributed by atoms with Gasteiger partial charge >= 0.3 is 0 Å². The molecule has 1 aromatic carbocycles. The van der Waals surface area contributed by atoms with E-state index in [-0.39, 0.29) is 30.3 Å². The SMILES string of the molecule is COCCN(C(=O)c1cccs1)C1CC(C(=O)NCC2CCCC(CN)C2)N(C(=O)c2ccc(F)cc2)C1. The first-order valence-electron chi connectivity index (χ1n) is 13.3. The summed E-state index contributed by atoms with van der Waals surface area (Å²) in [7, 11) is 1.57. The second-order valence-electron chi connectivity index (χ2n) is 10.2. The Hall–Kier alpha value is -2.82. The van der Waals surface area contributed by atoms with Crippen LogP contribution in [0.25, 0.3) is 0 Å². The fourth-order valence-electron chi connectivity index (χ4n) is 5.62. The molecule has 1 saturated carbocycles. The summed E-state index contributed by atoms with van der Waals surface area (Å²) in [5, 5.41) is 4.93. The molecule has 4 unspecified atom stereocenters. The molecule has 38 heavy (non-hydrogen) atoms. The van der Waals surface area contributed by atoms with Gasteiger partial charge in [-0.25, -0.2) is 4.39 Å². The standard InChI is InChI=1S/C28H37FN4O4S/c1-37-12-11-32(28(36)25-6-3-13-38-25)23-15-24(26(34)31-17-20-5-2-4-19(14-20)16-30)33(18-23)27(35)21-7-9-22(29)10-8-21/h3,6-10,13,19-20,23-24H,2,4-5,11-12,14-18,30H2,1H3,(H,31,34). The number of nitrogens with two attached hydrogens (primary N) is 1. The first-order chi connectivity index (χ1) is 18.4. The van der Waals surface area contributed by atoms with Crippen molar-refractivity contribution in [1.82, 2.24) is 15.1 Å². The number of likely N-dealkylation sites (tertiary alicyclic amines) is 1. The number of methoxy groups -OCH3 is 1. The normalized spacial score (nSPS) is 23.3. The maximum Gasteiger partial charge on any atom is 0.264 e. The van der Waals surface area contributed by atoms with Crippen LogP contribution in [0, 0.1) is 17.7 Å². The molecule has 4 rings (SSSR count). The lowest BCUT2D eigenvalue weighted by Crippen LogP contribution is -2.47. The highest BCUT2D eigenvalue weighted by Crippen LogP contribution is 2.29. The van der Waals surface area contributed by atoms with Gasteiger partial charge in [0.15, 0.2) is 0 Å². The first-order valence-corrected chi connectivity index (χ1v) is 14.2. The van der Waals surface area contributed by atoms with Gasteiger partial charge in [0.25, 0.3) is 11.8 Å². The molecule has 0 spiro atoms. The highest BCUT2D eigenvalue weighted by Gasteiger charge is 2.43. The summed E-state index contributed by atoms with van der Waals surface area (Å²) in [5.41, 5.74) is 6.18. The van der Waals surface area contributed by atoms with Gasteiger partial charge < -0.3 is 25.6 Å². The Labute approximate surface area is 227 Å². The predicted octanol–water partition coefficient (Wildman–Crippen LogP) is 3.14. The number of nitrogens with one attached hydrogen (secondary N) is 1. The Morgan fingerprint density at radius 1 is 1.16 bits per heavy atom. The number of hydrogen-bond donors (Lipinski definition) is 2. The van der Waals surface area contributed by atoms with Crippen molar-refractivity contribution < 1.29 is 23.5 Å². The third-order valence-corrected chi connectivity index (χ3v) is 8.55. The van der Waals surface area contributed by atoms with Crippen LogP contribution in [-0.2, 0) is 9.53 Å². The number of carbonyl (C=O) groups is 3. The third-order valence-electron chi connectivity index (χ3n) is 7.69. The van der Waals surface area contributed by atoms with Crippen LogP contribution in [0.3, 0.4) is 0 Å². The van der Waals surface area contributed by atoms with E-state index in [1.54, 1.807) is 18.1 Å². The second kappa shape index (κ2) is 13.3. The van der Waals surface area contributed by atoms with Crippen molar-refractivity contribution >= 4 is 29.1 Å². The van der Waals surface area contributed by atoms with Gasteiger partial charge in [0.2, 0.25) is 5.91 Å². The van der Waals surface area contributed by atoms with Gasteiger partial charge in [-0.15, -0.1) is 11.3 Å². The Balaban J connectivity index is 1.53. The Kier molecular flexibility index (Phi) is 9.87. The molecule has 3 N–H and O–H groups in total. The minimum atomic E-state index is -0.743. The summed E-state index contributed by atoms with van der Waals surface area (Å²) in [6, 6.07) is 7.80. The van der Waals surface area contributed by atoms with Gasteiger partial charge in [0, 0.05) is 32.3 Å². The molecule has 2 fully saturated rings. The number of thiophene rings is 1. The number of rotatable bonds is 10. The average Bonchev–Trinajstić information content (AvgIpc) is 3.63. The quantitative estimate of drug-likeness (QED) is 0.478. The average molecular weight is 545 g/mol. The third kappa shape index (κ3) is 6.78. The molecule has 2 heterocycles. The van der Waals surface area contributed by atoms with Crippen molar-refractivity contribution in [1.29, 1.82) is 0 Å². The maximum absolute atomic E-state index is 13.5. The molecular formula is C28H37FN4O4S. The zero-order valence-corrected chi connectivity index (χ0v) is 22.6. The van der Waals surface area contributed by atoms with Crippen molar-refractivity contribution in [3.63, 3.8) is 0 Å². The minimum absolute atomic E-state index is 0.146.